The van der Waals surface area contributed by atoms with Gasteiger partial charge in [0.05, 0.1) is 6.10 Å². The molecule has 0 saturated heterocycles. The van der Waals surface area contributed by atoms with E-state index in [4.69, 9.17) is 10.8 Å². The zero-order chi connectivity index (χ0) is 5.98. The van der Waals surface area contributed by atoms with Gasteiger partial charge in [-0.25, -0.2) is 0 Å². The Kier molecular flexibility index (Phi) is 1.86. The topological polar surface area (TPSA) is 46.2 Å². The lowest BCUT2D eigenvalue weighted by Gasteiger charge is -1.58. The van der Waals surface area contributed by atoms with E-state index in [1.54, 1.807) is 0 Å². The van der Waals surface area contributed by atoms with Gasteiger partial charge in [-0.15, -0.1) is 0 Å². The van der Waals surface area contributed by atoms with Gasteiger partial charge in [0, 0.05) is 6.04 Å². The number of hydrogen-bond donors (Lipinski definition) is 2. The molecular weight excluding hydrogens is 102 g/mol. The molecule has 0 radical (unpaired) electrons. The molecule has 3 N–H and O–H groups in total. The van der Waals surface area contributed by atoms with Crippen molar-refractivity contribution in [2.45, 2.75) is 37.8 Å². The standard InChI is InChI=1S/C3H7N.C3H6O/c2*4-3-1-2-3/h3H,1-2,4H2;3-4H,1-2H2. The SMILES string of the molecule is NC1CC1.OC1CC1. The smallest absolute Gasteiger partial charge is 0.0542 e. The lowest BCUT2D eigenvalue weighted by molar-refractivity contribution is 0.279. The maximum absolute atomic E-state index is 8.17. The Morgan fingerprint density at radius 3 is 1.38 bits per heavy atom. The predicted octanol–water partition coefficient (Wildman–Crippen LogP) is 0.249. The largest absolute Gasteiger partial charge is 0.393 e. The summed E-state index contributed by atoms with van der Waals surface area (Å²) in [6.45, 7) is 0. The minimum Gasteiger partial charge on any atom is -0.393 e. The fourth-order valence-electron chi connectivity index (χ4n) is 0.171. The van der Waals surface area contributed by atoms with Gasteiger partial charge in [-0.05, 0) is 25.7 Å². The Bertz CT molecular complexity index is 56.9. The van der Waals surface area contributed by atoms with Gasteiger partial charge in [0.25, 0.3) is 0 Å². The van der Waals surface area contributed by atoms with E-state index in [0.717, 1.165) is 12.8 Å². The van der Waals surface area contributed by atoms with Gasteiger partial charge in [-0.3, -0.25) is 0 Å². The van der Waals surface area contributed by atoms with Gasteiger partial charge in [-0.2, -0.15) is 0 Å². The fraction of sp³-hybridized carbons (Fsp3) is 1.00. The summed E-state index contributed by atoms with van der Waals surface area (Å²) in [5.41, 5.74) is 5.22. The van der Waals surface area contributed by atoms with Crippen LogP contribution in [0.1, 0.15) is 25.7 Å². The van der Waals surface area contributed by atoms with Gasteiger partial charge >= 0.3 is 0 Å². The van der Waals surface area contributed by atoms with Crippen LogP contribution >= 0.6 is 0 Å². The van der Waals surface area contributed by atoms with Gasteiger partial charge in [-0.1, -0.05) is 0 Å². The van der Waals surface area contributed by atoms with Crippen LogP contribution in [0, 0.1) is 0 Å². The van der Waals surface area contributed by atoms with Crippen LogP contribution in [-0.4, -0.2) is 17.3 Å². The molecule has 0 atom stereocenters. The number of rotatable bonds is 0. The zero-order valence-corrected chi connectivity index (χ0v) is 5.01. The van der Waals surface area contributed by atoms with E-state index in [1.807, 2.05) is 0 Å². The number of hydrogen-bond acceptors (Lipinski definition) is 2. The summed E-state index contributed by atoms with van der Waals surface area (Å²) < 4.78 is 0. The maximum Gasteiger partial charge on any atom is 0.0542 e. The highest BCUT2D eigenvalue weighted by Crippen LogP contribution is 2.16. The highest BCUT2D eigenvalue weighted by molar-refractivity contribution is 4.75. The minimum absolute atomic E-state index is 0.0833. The van der Waals surface area contributed by atoms with Crippen LogP contribution in [0.15, 0.2) is 0 Å². The lowest BCUT2D eigenvalue weighted by atomic mass is 10.8. The molecule has 8 heavy (non-hydrogen) atoms. The van der Waals surface area contributed by atoms with E-state index in [0.29, 0.717) is 6.04 Å². The highest BCUT2D eigenvalue weighted by atomic mass is 16.3. The average molecular weight is 115 g/mol. The molecule has 2 rings (SSSR count). The summed E-state index contributed by atoms with van der Waals surface area (Å²) in [5, 5.41) is 8.17. The van der Waals surface area contributed by atoms with Gasteiger partial charge < -0.3 is 10.8 Å². The number of nitrogens with two attached hydrogens (primary N) is 1. The molecule has 0 unspecified atom stereocenters. The Morgan fingerprint density at radius 2 is 1.38 bits per heavy atom. The molecule has 0 aromatic rings. The molecule has 2 fully saturated rings. The normalized spacial score (nSPS) is 26.2. The molecule has 0 amide bonds. The number of aliphatic hydroxyl groups is 1. The molecule has 0 aromatic heterocycles. The van der Waals surface area contributed by atoms with Crippen molar-refractivity contribution in [2.24, 2.45) is 5.73 Å². The van der Waals surface area contributed by atoms with Crippen LogP contribution in [0.4, 0.5) is 0 Å². The summed E-state index contributed by atoms with van der Waals surface area (Å²) >= 11 is 0. The first kappa shape index (κ1) is 6.05. The van der Waals surface area contributed by atoms with Crippen molar-refractivity contribution in [3.63, 3.8) is 0 Å². The molecule has 0 aliphatic heterocycles. The van der Waals surface area contributed by atoms with Crippen LogP contribution in [-0.2, 0) is 0 Å². The average Bonchev–Trinajstić information content (AvgIpc) is 2.47. The molecule has 2 nitrogen and oxygen atoms in total. The van der Waals surface area contributed by atoms with Gasteiger partial charge in [0.15, 0.2) is 0 Å². The van der Waals surface area contributed by atoms with Crippen molar-refractivity contribution < 1.29 is 5.11 Å². The maximum atomic E-state index is 8.17. The van der Waals surface area contributed by atoms with Gasteiger partial charge in [0.2, 0.25) is 0 Å². The van der Waals surface area contributed by atoms with Crippen molar-refractivity contribution in [3.05, 3.63) is 0 Å². The second kappa shape index (κ2) is 2.46. The molecule has 48 valence electrons. The summed E-state index contributed by atoms with van der Waals surface area (Å²) in [5.74, 6) is 0. The molecule has 2 heteroatoms. The Hall–Kier alpha value is -0.0800. The quantitative estimate of drug-likeness (QED) is 0.475. The van der Waals surface area contributed by atoms with Crippen molar-refractivity contribution in [3.8, 4) is 0 Å². The van der Waals surface area contributed by atoms with Gasteiger partial charge in [0.1, 0.15) is 0 Å². The van der Waals surface area contributed by atoms with Crippen molar-refractivity contribution in [2.75, 3.05) is 0 Å². The highest BCUT2D eigenvalue weighted by Gasteiger charge is 2.15. The van der Waals surface area contributed by atoms with Crippen molar-refractivity contribution in [1.82, 2.24) is 0 Å². The van der Waals surface area contributed by atoms with E-state index in [9.17, 15) is 0 Å². The molecule has 0 bridgehead atoms. The molecule has 0 aromatic carbocycles. The molecule has 2 aliphatic carbocycles. The molecule has 0 spiro atoms. The zero-order valence-electron chi connectivity index (χ0n) is 5.01. The minimum atomic E-state index is 0.0833. The molecular formula is C6H13NO. The van der Waals surface area contributed by atoms with E-state index in [-0.39, 0.29) is 6.10 Å². The van der Waals surface area contributed by atoms with E-state index in [2.05, 4.69) is 0 Å². The monoisotopic (exact) mass is 115 g/mol. The summed E-state index contributed by atoms with van der Waals surface area (Å²) in [6.07, 6.45) is 4.69. The fourth-order valence-corrected chi connectivity index (χ4v) is 0.171. The van der Waals surface area contributed by atoms with Crippen molar-refractivity contribution >= 4 is 0 Å². The third-order valence-electron chi connectivity index (χ3n) is 1.17. The molecule has 2 saturated carbocycles. The first-order valence-electron chi connectivity index (χ1n) is 3.22. The van der Waals surface area contributed by atoms with Crippen molar-refractivity contribution in [1.29, 1.82) is 0 Å². The second-order valence-corrected chi connectivity index (χ2v) is 2.57. The van der Waals surface area contributed by atoms with E-state index in [1.165, 1.54) is 12.8 Å². The third-order valence-corrected chi connectivity index (χ3v) is 1.17. The molecule has 2 aliphatic rings. The Balaban J connectivity index is 0.0000000800. The van der Waals surface area contributed by atoms with Crippen LogP contribution in [0.3, 0.4) is 0 Å². The lowest BCUT2D eigenvalue weighted by Crippen LogP contribution is -1.94. The summed E-state index contributed by atoms with van der Waals surface area (Å²) in [4.78, 5) is 0. The van der Waals surface area contributed by atoms with Crippen LogP contribution in [0.5, 0.6) is 0 Å². The first-order chi connectivity index (χ1) is 3.79. The predicted molar refractivity (Wildman–Crippen MR) is 32.5 cm³/mol. The molecule has 0 heterocycles. The van der Waals surface area contributed by atoms with Crippen LogP contribution in [0.2, 0.25) is 0 Å². The summed E-state index contributed by atoms with van der Waals surface area (Å²) in [7, 11) is 0. The number of aliphatic hydroxyl groups excluding tert-OH is 1. The third kappa shape index (κ3) is 4.09. The Labute approximate surface area is 49.7 Å². The van der Waals surface area contributed by atoms with E-state index >= 15 is 0 Å². The Morgan fingerprint density at radius 1 is 1.12 bits per heavy atom. The second-order valence-electron chi connectivity index (χ2n) is 2.57. The van der Waals surface area contributed by atoms with E-state index < -0.39 is 0 Å². The van der Waals surface area contributed by atoms with Crippen LogP contribution in [0.25, 0.3) is 0 Å². The first-order valence-corrected chi connectivity index (χ1v) is 3.22. The summed E-state index contributed by atoms with van der Waals surface area (Å²) in [6, 6.07) is 0.583. The van der Waals surface area contributed by atoms with Crippen LogP contribution < -0.4 is 5.73 Å².